The number of hydrogen-bond donors (Lipinski definition) is 1. The van der Waals surface area contributed by atoms with Crippen molar-refractivity contribution in [3.05, 3.63) is 54.4 Å². The van der Waals surface area contributed by atoms with Gasteiger partial charge in [0.05, 0.1) is 13.2 Å². The van der Waals surface area contributed by atoms with Crippen LogP contribution in [0.3, 0.4) is 0 Å². The molecule has 0 amide bonds. The van der Waals surface area contributed by atoms with Crippen LogP contribution in [0, 0.1) is 11.3 Å². The van der Waals surface area contributed by atoms with Crippen LogP contribution >= 0.6 is 0 Å². The van der Waals surface area contributed by atoms with Crippen LogP contribution in [0.1, 0.15) is 12.0 Å². The van der Waals surface area contributed by atoms with Crippen molar-refractivity contribution in [2.75, 3.05) is 32.9 Å². The van der Waals surface area contributed by atoms with Gasteiger partial charge in [0.25, 0.3) is 0 Å². The molecule has 2 aliphatic heterocycles. The van der Waals surface area contributed by atoms with E-state index in [2.05, 4.69) is 40.2 Å². The van der Waals surface area contributed by atoms with Gasteiger partial charge in [0.15, 0.2) is 0 Å². The van der Waals surface area contributed by atoms with Gasteiger partial charge in [0.1, 0.15) is 0 Å². The van der Waals surface area contributed by atoms with Gasteiger partial charge in [-0.05, 0) is 29.2 Å². The minimum Gasteiger partial charge on any atom is -0.396 e. The fraction of sp³-hybridized carbons (Fsp3) is 0.450. The zero-order chi connectivity index (χ0) is 16.4. The molecule has 24 heavy (non-hydrogen) atoms. The molecule has 126 valence electrons. The minimum atomic E-state index is 0.0495. The number of pyridine rings is 1. The van der Waals surface area contributed by atoms with Crippen LogP contribution in [0.15, 0.2) is 48.8 Å². The highest BCUT2D eigenvalue weighted by Crippen LogP contribution is 2.42. The Hall–Kier alpha value is -1.75. The number of aromatic nitrogens is 1. The molecule has 0 bridgehead atoms. The van der Waals surface area contributed by atoms with E-state index < -0.39 is 0 Å². The predicted molar refractivity (Wildman–Crippen MR) is 93.4 cm³/mol. The van der Waals surface area contributed by atoms with Gasteiger partial charge in [-0.2, -0.15) is 0 Å². The lowest BCUT2D eigenvalue weighted by atomic mass is 9.75. The molecule has 2 atom stereocenters. The quantitative estimate of drug-likeness (QED) is 0.939. The van der Waals surface area contributed by atoms with Crippen molar-refractivity contribution in [3.8, 4) is 11.1 Å². The van der Waals surface area contributed by atoms with Crippen molar-refractivity contribution < 1.29 is 9.84 Å². The van der Waals surface area contributed by atoms with Crippen LogP contribution in [-0.2, 0) is 11.3 Å². The number of nitrogens with zero attached hydrogens (tertiary/aromatic N) is 2. The lowest BCUT2D eigenvalue weighted by Gasteiger charge is -2.36. The second kappa shape index (κ2) is 6.63. The summed E-state index contributed by atoms with van der Waals surface area (Å²) in [5, 5.41) is 9.91. The summed E-state index contributed by atoms with van der Waals surface area (Å²) >= 11 is 0. The summed E-state index contributed by atoms with van der Waals surface area (Å²) in [6.45, 7) is 4.78. The Kier molecular flexibility index (Phi) is 4.35. The molecule has 2 fully saturated rings. The molecular formula is C20H24N2O2. The standard InChI is InChI=1S/C20H24N2O2/c23-15-20-7-9-24-13-19(20)12-22(14-20)11-16-3-5-17(6-4-16)18-2-1-8-21-10-18/h1-6,8,10,19,23H,7,9,11-15H2/t19-,20-/m1/s1. The first-order valence-corrected chi connectivity index (χ1v) is 8.69. The Morgan fingerprint density at radius 1 is 1.21 bits per heavy atom. The van der Waals surface area contributed by atoms with Crippen LogP contribution < -0.4 is 0 Å². The maximum atomic E-state index is 9.91. The van der Waals surface area contributed by atoms with Gasteiger partial charge >= 0.3 is 0 Å². The number of benzene rings is 1. The number of likely N-dealkylation sites (tertiary alicyclic amines) is 1. The molecule has 2 aromatic rings. The molecule has 4 nitrogen and oxygen atoms in total. The van der Waals surface area contributed by atoms with Crippen LogP contribution in [0.25, 0.3) is 11.1 Å². The Bertz CT molecular complexity index is 674. The van der Waals surface area contributed by atoms with Crippen molar-refractivity contribution in [1.82, 2.24) is 9.88 Å². The molecule has 0 radical (unpaired) electrons. The molecule has 0 saturated carbocycles. The lowest BCUT2D eigenvalue weighted by molar-refractivity contribution is -0.0417. The second-order valence-electron chi connectivity index (χ2n) is 7.15. The average Bonchev–Trinajstić information content (AvgIpc) is 3.01. The first-order valence-electron chi connectivity index (χ1n) is 8.69. The summed E-state index contributed by atoms with van der Waals surface area (Å²) in [6, 6.07) is 12.8. The Morgan fingerprint density at radius 2 is 2.08 bits per heavy atom. The van der Waals surface area contributed by atoms with Crippen LogP contribution in [0.2, 0.25) is 0 Å². The van der Waals surface area contributed by atoms with Crippen molar-refractivity contribution in [2.24, 2.45) is 11.3 Å². The third kappa shape index (κ3) is 2.97. The first kappa shape index (κ1) is 15.8. The van der Waals surface area contributed by atoms with E-state index in [9.17, 15) is 5.11 Å². The highest BCUT2D eigenvalue weighted by molar-refractivity contribution is 5.62. The van der Waals surface area contributed by atoms with Gasteiger partial charge in [-0.25, -0.2) is 0 Å². The molecule has 2 aliphatic rings. The summed E-state index contributed by atoms with van der Waals surface area (Å²) in [5.74, 6) is 0.464. The molecule has 4 rings (SSSR count). The smallest absolute Gasteiger partial charge is 0.0513 e. The van der Waals surface area contributed by atoms with E-state index in [1.165, 1.54) is 11.1 Å². The number of hydrogen-bond acceptors (Lipinski definition) is 4. The molecule has 2 saturated heterocycles. The van der Waals surface area contributed by atoms with Gasteiger partial charge < -0.3 is 9.84 Å². The minimum absolute atomic E-state index is 0.0495. The summed E-state index contributed by atoms with van der Waals surface area (Å²) in [4.78, 5) is 6.65. The van der Waals surface area contributed by atoms with E-state index in [0.29, 0.717) is 5.92 Å². The fourth-order valence-corrected chi connectivity index (χ4v) is 4.13. The zero-order valence-corrected chi connectivity index (χ0v) is 13.9. The average molecular weight is 324 g/mol. The molecular weight excluding hydrogens is 300 g/mol. The van der Waals surface area contributed by atoms with E-state index in [0.717, 1.165) is 44.8 Å². The molecule has 1 N–H and O–H groups in total. The number of fused-ring (bicyclic) bond motifs is 1. The maximum Gasteiger partial charge on any atom is 0.0513 e. The SMILES string of the molecule is OC[C@]12CCOC[C@H]1CN(Cc1ccc(-c3cccnc3)cc1)C2. The molecule has 1 aromatic carbocycles. The number of aliphatic hydroxyl groups excluding tert-OH is 1. The van der Waals surface area contributed by atoms with Gasteiger partial charge in [0.2, 0.25) is 0 Å². The van der Waals surface area contributed by atoms with Gasteiger partial charge in [-0.3, -0.25) is 9.88 Å². The topological polar surface area (TPSA) is 45.6 Å². The van der Waals surface area contributed by atoms with E-state index in [4.69, 9.17) is 4.74 Å². The fourth-order valence-electron chi connectivity index (χ4n) is 4.13. The second-order valence-corrected chi connectivity index (χ2v) is 7.15. The van der Waals surface area contributed by atoms with Gasteiger partial charge in [-0.15, -0.1) is 0 Å². The Labute approximate surface area is 143 Å². The third-order valence-corrected chi connectivity index (χ3v) is 5.62. The zero-order valence-electron chi connectivity index (χ0n) is 13.9. The monoisotopic (exact) mass is 324 g/mol. The summed E-state index contributed by atoms with van der Waals surface area (Å²) in [5.41, 5.74) is 3.71. The normalized spacial score (nSPS) is 27.1. The van der Waals surface area contributed by atoms with E-state index in [1.807, 2.05) is 12.3 Å². The van der Waals surface area contributed by atoms with Crippen molar-refractivity contribution in [3.63, 3.8) is 0 Å². The molecule has 1 aromatic heterocycles. The van der Waals surface area contributed by atoms with Gasteiger partial charge in [-0.1, -0.05) is 30.3 Å². The Morgan fingerprint density at radius 3 is 2.79 bits per heavy atom. The van der Waals surface area contributed by atoms with E-state index >= 15 is 0 Å². The third-order valence-electron chi connectivity index (χ3n) is 5.62. The highest BCUT2D eigenvalue weighted by atomic mass is 16.5. The first-order chi connectivity index (χ1) is 11.8. The largest absolute Gasteiger partial charge is 0.396 e. The number of rotatable bonds is 4. The van der Waals surface area contributed by atoms with E-state index in [-0.39, 0.29) is 12.0 Å². The molecule has 4 heteroatoms. The Balaban J connectivity index is 1.45. The van der Waals surface area contributed by atoms with Crippen LogP contribution in [-0.4, -0.2) is 47.9 Å². The molecule has 0 unspecified atom stereocenters. The maximum absolute atomic E-state index is 9.91. The highest BCUT2D eigenvalue weighted by Gasteiger charge is 2.47. The van der Waals surface area contributed by atoms with Crippen LogP contribution in [0.5, 0.6) is 0 Å². The molecule has 3 heterocycles. The van der Waals surface area contributed by atoms with Crippen molar-refractivity contribution in [1.29, 1.82) is 0 Å². The predicted octanol–water partition coefficient (Wildman–Crippen LogP) is 2.58. The molecule has 0 aliphatic carbocycles. The van der Waals surface area contributed by atoms with E-state index in [1.54, 1.807) is 6.20 Å². The van der Waals surface area contributed by atoms with Gasteiger partial charge in [0, 0.05) is 50.0 Å². The summed E-state index contributed by atoms with van der Waals surface area (Å²) in [6.07, 6.45) is 4.67. The number of ether oxygens (including phenoxy) is 1. The molecule has 0 spiro atoms. The summed E-state index contributed by atoms with van der Waals surface area (Å²) in [7, 11) is 0. The van der Waals surface area contributed by atoms with Crippen LogP contribution in [0.4, 0.5) is 0 Å². The van der Waals surface area contributed by atoms with Crippen molar-refractivity contribution >= 4 is 0 Å². The van der Waals surface area contributed by atoms with Crippen molar-refractivity contribution in [2.45, 2.75) is 13.0 Å². The lowest BCUT2D eigenvalue weighted by Crippen LogP contribution is -2.41. The number of aliphatic hydroxyl groups is 1. The summed E-state index contributed by atoms with van der Waals surface area (Å²) < 4.78 is 5.63.